The van der Waals surface area contributed by atoms with E-state index in [1.54, 1.807) is 0 Å². The summed E-state index contributed by atoms with van der Waals surface area (Å²) < 4.78 is 6.87. The van der Waals surface area contributed by atoms with Crippen molar-refractivity contribution in [3.63, 3.8) is 0 Å². The number of ether oxygens (including phenoxy) is 1. The molecule has 0 spiro atoms. The fraction of sp³-hybridized carbons (Fsp3) is 0. The Labute approximate surface area is 92.9 Å². The van der Waals surface area contributed by atoms with Crippen LogP contribution in [0, 0.1) is 0 Å². The number of para-hydroxylation sites is 1. The first kappa shape index (κ1) is 9.39. The van der Waals surface area contributed by atoms with Crippen LogP contribution in [0.25, 0.3) is 0 Å². The SMILES string of the molecule is [Li][c]1ccc(Oc2ccccc2)cc1. The third-order valence-corrected chi connectivity index (χ3v) is 2.00. The second-order valence-electron chi connectivity index (χ2n) is 3.23. The van der Waals surface area contributed by atoms with Gasteiger partial charge in [-0.1, -0.05) is 0 Å². The molecule has 64 valence electrons. The molecule has 0 amide bonds. The van der Waals surface area contributed by atoms with Crippen LogP contribution in [0.15, 0.2) is 54.6 Å². The van der Waals surface area contributed by atoms with Gasteiger partial charge in [0.2, 0.25) is 0 Å². The predicted octanol–water partition coefficient (Wildman–Crippen LogP) is 2.27. The molecule has 0 saturated carbocycles. The van der Waals surface area contributed by atoms with E-state index in [1.807, 2.05) is 54.6 Å². The maximum absolute atomic E-state index is 5.63. The molecule has 2 rings (SSSR count). The van der Waals surface area contributed by atoms with Crippen LogP contribution in [-0.2, 0) is 0 Å². The van der Waals surface area contributed by atoms with Crippen LogP contribution in [0.5, 0.6) is 11.5 Å². The van der Waals surface area contributed by atoms with E-state index in [1.165, 1.54) is 4.24 Å². The Morgan fingerprint density at radius 3 is 1.93 bits per heavy atom. The molecular weight excluding hydrogens is 167 g/mol. The molecule has 0 aliphatic rings. The Hall–Kier alpha value is -1.16. The van der Waals surface area contributed by atoms with Crippen LogP contribution < -0.4 is 8.97 Å². The summed E-state index contributed by atoms with van der Waals surface area (Å²) in [6.07, 6.45) is 0. The van der Waals surface area contributed by atoms with Gasteiger partial charge in [0.15, 0.2) is 0 Å². The van der Waals surface area contributed by atoms with Gasteiger partial charge in [-0.3, -0.25) is 0 Å². The second-order valence-corrected chi connectivity index (χ2v) is 3.23. The molecule has 2 aromatic rings. The van der Waals surface area contributed by atoms with Crippen molar-refractivity contribution in [3.05, 3.63) is 54.6 Å². The van der Waals surface area contributed by atoms with Gasteiger partial charge in [-0.15, -0.1) is 0 Å². The third kappa shape index (κ3) is 2.42. The Bertz CT molecular complexity index is 394. The van der Waals surface area contributed by atoms with Crippen molar-refractivity contribution in [2.75, 3.05) is 0 Å². The molecular formula is C12H9LiO. The molecule has 0 fully saturated rings. The molecule has 1 nitrogen and oxygen atoms in total. The molecule has 0 bridgehead atoms. The van der Waals surface area contributed by atoms with Gasteiger partial charge in [0.25, 0.3) is 0 Å². The fourth-order valence-electron chi connectivity index (χ4n) is 1.23. The fourth-order valence-corrected chi connectivity index (χ4v) is 1.23. The van der Waals surface area contributed by atoms with Gasteiger partial charge >= 0.3 is 92.8 Å². The van der Waals surface area contributed by atoms with E-state index in [-0.39, 0.29) is 0 Å². The zero-order chi connectivity index (χ0) is 9.80. The summed E-state index contributed by atoms with van der Waals surface area (Å²) in [6, 6.07) is 17.8. The molecule has 0 saturated heterocycles. The summed E-state index contributed by atoms with van der Waals surface area (Å²) in [6.45, 7) is 0. The molecule has 0 unspecified atom stereocenters. The van der Waals surface area contributed by atoms with Gasteiger partial charge in [0.05, 0.1) is 0 Å². The predicted molar refractivity (Wildman–Crippen MR) is 58.3 cm³/mol. The number of benzene rings is 2. The molecule has 0 heterocycles. The van der Waals surface area contributed by atoms with Crippen molar-refractivity contribution in [1.29, 1.82) is 0 Å². The van der Waals surface area contributed by atoms with E-state index in [2.05, 4.69) is 17.7 Å². The van der Waals surface area contributed by atoms with E-state index in [4.69, 9.17) is 4.74 Å². The summed E-state index contributed by atoms with van der Waals surface area (Å²) in [4.78, 5) is 0. The van der Waals surface area contributed by atoms with Gasteiger partial charge in [-0.05, 0) is 0 Å². The van der Waals surface area contributed by atoms with Gasteiger partial charge in [-0.2, -0.15) is 0 Å². The summed E-state index contributed by atoms with van der Waals surface area (Å²) in [5, 5.41) is 0. The summed E-state index contributed by atoms with van der Waals surface area (Å²) >= 11 is 2.06. The van der Waals surface area contributed by atoms with Crippen LogP contribution in [0.3, 0.4) is 0 Å². The summed E-state index contributed by atoms with van der Waals surface area (Å²) in [7, 11) is 0. The van der Waals surface area contributed by atoms with E-state index >= 15 is 0 Å². The monoisotopic (exact) mass is 176 g/mol. The minimum atomic E-state index is 0.872. The zero-order valence-corrected chi connectivity index (χ0v) is 8.10. The van der Waals surface area contributed by atoms with Crippen molar-refractivity contribution < 1.29 is 4.74 Å². The van der Waals surface area contributed by atoms with Crippen molar-refractivity contribution in [2.45, 2.75) is 0 Å². The molecule has 0 radical (unpaired) electrons. The average molecular weight is 176 g/mol. The molecule has 2 aromatic carbocycles. The van der Waals surface area contributed by atoms with Gasteiger partial charge in [0, 0.05) is 0 Å². The van der Waals surface area contributed by atoms with Crippen LogP contribution in [-0.4, -0.2) is 17.7 Å². The van der Waals surface area contributed by atoms with Gasteiger partial charge in [0.1, 0.15) is 0 Å². The molecule has 2 heteroatoms. The Kier molecular flexibility index (Phi) is 2.93. The molecule has 0 atom stereocenters. The topological polar surface area (TPSA) is 9.23 Å². The van der Waals surface area contributed by atoms with E-state index in [0.717, 1.165) is 11.5 Å². The molecule has 0 aromatic heterocycles. The van der Waals surface area contributed by atoms with Crippen LogP contribution in [0.4, 0.5) is 0 Å². The summed E-state index contributed by atoms with van der Waals surface area (Å²) in [5.41, 5.74) is 0. The van der Waals surface area contributed by atoms with Crippen molar-refractivity contribution >= 4 is 22.0 Å². The molecule has 14 heavy (non-hydrogen) atoms. The number of hydrogen-bond donors (Lipinski definition) is 0. The summed E-state index contributed by atoms with van der Waals surface area (Å²) in [5.74, 6) is 1.75. The average Bonchev–Trinajstić information content (AvgIpc) is 2.23. The Morgan fingerprint density at radius 2 is 1.29 bits per heavy atom. The Morgan fingerprint density at radius 1 is 0.714 bits per heavy atom. The molecule has 0 aliphatic heterocycles. The first-order valence-electron chi connectivity index (χ1n) is 4.64. The Balaban J connectivity index is 2.16. The first-order valence-corrected chi connectivity index (χ1v) is 4.64. The normalized spacial score (nSPS) is 9.86. The number of hydrogen-bond acceptors (Lipinski definition) is 1. The standard InChI is InChI=1S/C12H9O.Li/c1-3-7-11(8-4-1)13-12-9-5-2-6-10-12;/h1,3-10H;. The first-order chi connectivity index (χ1) is 6.84. The zero-order valence-electron chi connectivity index (χ0n) is 8.10. The third-order valence-electron chi connectivity index (χ3n) is 2.00. The molecule has 0 aliphatic carbocycles. The van der Waals surface area contributed by atoms with Gasteiger partial charge < -0.3 is 0 Å². The van der Waals surface area contributed by atoms with Gasteiger partial charge in [-0.25, -0.2) is 0 Å². The maximum atomic E-state index is 5.63. The van der Waals surface area contributed by atoms with Crippen LogP contribution in [0.2, 0.25) is 0 Å². The minimum absolute atomic E-state index is 0.872. The van der Waals surface area contributed by atoms with Crippen LogP contribution >= 0.6 is 0 Å². The van der Waals surface area contributed by atoms with Crippen molar-refractivity contribution in [2.24, 2.45) is 0 Å². The van der Waals surface area contributed by atoms with E-state index in [9.17, 15) is 0 Å². The van der Waals surface area contributed by atoms with E-state index in [0.29, 0.717) is 0 Å². The van der Waals surface area contributed by atoms with Crippen molar-refractivity contribution in [1.82, 2.24) is 0 Å². The molecule has 0 N–H and O–H groups in total. The van der Waals surface area contributed by atoms with Crippen molar-refractivity contribution in [3.8, 4) is 11.5 Å². The quantitative estimate of drug-likeness (QED) is 0.638. The second kappa shape index (κ2) is 4.37. The van der Waals surface area contributed by atoms with Crippen LogP contribution in [0.1, 0.15) is 0 Å². The van der Waals surface area contributed by atoms with E-state index < -0.39 is 0 Å². The number of rotatable bonds is 2.